The van der Waals surface area contributed by atoms with Gasteiger partial charge in [-0.05, 0) is 59.8 Å². The predicted octanol–water partition coefficient (Wildman–Crippen LogP) is 5.07. The average Bonchev–Trinajstić information content (AvgIpc) is 2.44. The molecule has 0 aliphatic rings. The van der Waals surface area contributed by atoms with Gasteiger partial charge in [-0.15, -0.1) is 0 Å². The van der Waals surface area contributed by atoms with Crippen LogP contribution in [0.2, 0.25) is 0 Å². The molecule has 0 bridgehead atoms. The van der Waals surface area contributed by atoms with Gasteiger partial charge in [0.2, 0.25) is 0 Å². The molecule has 0 spiro atoms. The second kappa shape index (κ2) is 8.73. The number of hydrogen-bond acceptors (Lipinski definition) is 1. The fourth-order valence-electron chi connectivity index (χ4n) is 2.24. The van der Waals surface area contributed by atoms with E-state index in [0.717, 1.165) is 25.8 Å². The molecule has 1 N–H and O–H groups in total. The van der Waals surface area contributed by atoms with Gasteiger partial charge in [0.05, 0.1) is 4.47 Å². The monoisotopic (exact) mass is 347 g/mol. The lowest BCUT2D eigenvalue weighted by molar-refractivity contribution is 0.383. The number of nitrogens with one attached hydrogen (secondary N) is 1. The summed E-state index contributed by atoms with van der Waals surface area (Å²) in [5.41, 5.74) is 0.177. The summed E-state index contributed by atoms with van der Waals surface area (Å²) in [6.07, 6.45) is 3.41. The van der Waals surface area contributed by atoms with Crippen molar-refractivity contribution in [3.8, 4) is 0 Å². The Morgan fingerprint density at radius 1 is 1.25 bits per heavy atom. The van der Waals surface area contributed by atoms with E-state index in [9.17, 15) is 8.78 Å². The van der Waals surface area contributed by atoms with Crippen molar-refractivity contribution in [3.63, 3.8) is 0 Å². The van der Waals surface area contributed by atoms with Crippen LogP contribution in [0.5, 0.6) is 0 Å². The molecule has 2 unspecified atom stereocenters. The molecule has 0 fully saturated rings. The van der Waals surface area contributed by atoms with Gasteiger partial charge < -0.3 is 5.32 Å². The molecule has 0 radical (unpaired) electrons. The van der Waals surface area contributed by atoms with E-state index in [1.807, 2.05) is 0 Å². The van der Waals surface area contributed by atoms with Crippen LogP contribution in [0, 0.1) is 17.6 Å². The van der Waals surface area contributed by atoms with Gasteiger partial charge in [0.1, 0.15) is 11.6 Å². The van der Waals surface area contributed by atoms with Gasteiger partial charge in [0.25, 0.3) is 0 Å². The zero-order chi connectivity index (χ0) is 15.1. The first-order valence-corrected chi connectivity index (χ1v) is 8.14. The first-order chi connectivity index (χ1) is 9.49. The molecule has 0 aliphatic heterocycles. The van der Waals surface area contributed by atoms with Crippen molar-refractivity contribution in [1.82, 2.24) is 5.32 Å². The first kappa shape index (κ1) is 17.6. The van der Waals surface area contributed by atoms with Crippen LogP contribution in [0.4, 0.5) is 8.78 Å². The normalized spacial score (nSPS) is 14.3. The number of hydrogen-bond donors (Lipinski definition) is 1. The van der Waals surface area contributed by atoms with Crippen LogP contribution in [0.1, 0.15) is 45.6 Å². The van der Waals surface area contributed by atoms with Crippen molar-refractivity contribution in [2.45, 2.75) is 52.5 Å². The molecule has 1 aromatic carbocycles. The minimum atomic E-state index is -0.475. The lowest BCUT2D eigenvalue weighted by Crippen LogP contribution is -2.34. The lowest BCUT2D eigenvalue weighted by atomic mass is 9.94. The zero-order valence-electron chi connectivity index (χ0n) is 12.5. The number of benzene rings is 1. The van der Waals surface area contributed by atoms with Gasteiger partial charge in [-0.2, -0.15) is 0 Å². The van der Waals surface area contributed by atoms with E-state index in [0.29, 0.717) is 16.8 Å². The highest BCUT2D eigenvalue weighted by molar-refractivity contribution is 9.10. The number of halogens is 3. The van der Waals surface area contributed by atoms with Gasteiger partial charge in [-0.1, -0.05) is 27.2 Å². The smallest absolute Gasteiger partial charge is 0.143 e. The molecule has 1 nitrogen and oxygen atoms in total. The van der Waals surface area contributed by atoms with Crippen LogP contribution in [-0.4, -0.2) is 12.6 Å². The Hall–Kier alpha value is -0.480. The molecule has 0 saturated heterocycles. The minimum Gasteiger partial charge on any atom is -0.314 e. The summed E-state index contributed by atoms with van der Waals surface area (Å²) >= 11 is 3.13. The van der Waals surface area contributed by atoms with Crippen molar-refractivity contribution in [2.75, 3.05) is 6.54 Å². The van der Waals surface area contributed by atoms with E-state index < -0.39 is 11.6 Å². The highest BCUT2D eigenvalue weighted by Gasteiger charge is 2.19. The van der Waals surface area contributed by atoms with Crippen molar-refractivity contribution < 1.29 is 8.78 Å². The van der Waals surface area contributed by atoms with E-state index >= 15 is 0 Å². The second-order valence-corrected chi connectivity index (χ2v) is 6.28. The van der Waals surface area contributed by atoms with Crippen molar-refractivity contribution in [1.29, 1.82) is 0 Å². The largest absolute Gasteiger partial charge is 0.314 e. The molecule has 20 heavy (non-hydrogen) atoms. The Bertz CT molecular complexity index is 423. The fraction of sp³-hybridized carbons (Fsp3) is 0.625. The highest BCUT2D eigenvalue weighted by atomic mass is 79.9. The van der Waals surface area contributed by atoms with E-state index in [1.165, 1.54) is 12.1 Å². The van der Waals surface area contributed by atoms with Gasteiger partial charge in [0, 0.05) is 11.6 Å². The van der Waals surface area contributed by atoms with Gasteiger partial charge >= 0.3 is 0 Å². The molecule has 2 atom stereocenters. The SMILES string of the molecule is CCCNC(Cc1c(F)ccc(Br)c1F)CC(C)CC. The molecule has 114 valence electrons. The topological polar surface area (TPSA) is 12.0 Å². The summed E-state index contributed by atoms with van der Waals surface area (Å²) in [6.45, 7) is 7.28. The predicted molar refractivity (Wildman–Crippen MR) is 83.9 cm³/mol. The van der Waals surface area contributed by atoms with E-state index in [1.54, 1.807) is 0 Å². The van der Waals surface area contributed by atoms with E-state index in [-0.39, 0.29) is 11.6 Å². The Labute approximate surface area is 129 Å². The van der Waals surface area contributed by atoms with Crippen LogP contribution in [0.15, 0.2) is 16.6 Å². The molecule has 1 rings (SSSR count). The molecular formula is C16H24BrF2N. The third-order valence-corrected chi connectivity index (χ3v) is 4.27. The lowest BCUT2D eigenvalue weighted by Gasteiger charge is -2.22. The molecule has 1 aromatic rings. The quantitative estimate of drug-likeness (QED) is 0.647. The molecule has 0 aliphatic carbocycles. The van der Waals surface area contributed by atoms with Gasteiger partial charge in [-0.3, -0.25) is 0 Å². The fourth-order valence-corrected chi connectivity index (χ4v) is 2.61. The van der Waals surface area contributed by atoms with Crippen LogP contribution >= 0.6 is 15.9 Å². The molecule has 0 amide bonds. The van der Waals surface area contributed by atoms with Crippen LogP contribution in [0.25, 0.3) is 0 Å². The standard InChI is InChI=1S/C16H24BrF2N/c1-4-8-20-12(9-11(3)5-2)10-13-15(18)7-6-14(17)16(13)19/h6-7,11-12,20H,4-5,8-10H2,1-3H3. The molecule has 4 heteroatoms. The Morgan fingerprint density at radius 2 is 1.95 bits per heavy atom. The highest BCUT2D eigenvalue weighted by Crippen LogP contribution is 2.24. The van der Waals surface area contributed by atoms with Gasteiger partial charge in [-0.25, -0.2) is 8.78 Å². The third-order valence-electron chi connectivity index (χ3n) is 3.66. The summed E-state index contributed by atoms with van der Waals surface area (Å²) in [4.78, 5) is 0. The zero-order valence-corrected chi connectivity index (χ0v) is 14.1. The van der Waals surface area contributed by atoms with Crippen LogP contribution < -0.4 is 5.32 Å². The van der Waals surface area contributed by atoms with E-state index in [2.05, 4.69) is 42.0 Å². The van der Waals surface area contributed by atoms with Crippen LogP contribution in [-0.2, 0) is 6.42 Å². The summed E-state index contributed by atoms with van der Waals surface area (Å²) in [5, 5.41) is 3.41. The second-order valence-electron chi connectivity index (χ2n) is 5.43. The number of rotatable bonds is 8. The summed E-state index contributed by atoms with van der Waals surface area (Å²) in [5.74, 6) is -0.391. The average molecular weight is 348 g/mol. The van der Waals surface area contributed by atoms with Crippen molar-refractivity contribution in [2.24, 2.45) is 5.92 Å². The maximum Gasteiger partial charge on any atom is 0.143 e. The maximum absolute atomic E-state index is 14.0. The summed E-state index contributed by atoms with van der Waals surface area (Å²) in [7, 11) is 0. The van der Waals surface area contributed by atoms with Gasteiger partial charge in [0.15, 0.2) is 0 Å². The Morgan fingerprint density at radius 3 is 2.55 bits per heavy atom. The first-order valence-electron chi connectivity index (χ1n) is 7.35. The third kappa shape index (κ3) is 5.13. The summed E-state index contributed by atoms with van der Waals surface area (Å²) < 4.78 is 28.2. The van der Waals surface area contributed by atoms with Crippen LogP contribution in [0.3, 0.4) is 0 Å². The minimum absolute atomic E-state index is 0.114. The molecule has 0 saturated carbocycles. The molecule has 0 aromatic heterocycles. The summed E-state index contributed by atoms with van der Waals surface area (Å²) in [6, 6.07) is 2.85. The molecule has 0 heterocycles. The van der Waals surface area contributed by atoms with Crippen molar-refractivity contribution >= 4 is 15.9 Å². The van der Waals surface area contributed by atoms with Crippen molar-refractivity contribution in [3.05, 3.63) is 33.8 Å². The maximum atomic E-state index is 14.0. The van der Waals surface area contributed by atoms with E-state index in [4.69, 9.17) is 0 Å². The molecular weight excluding hydrogens is 324 g/mol. The Balaban J connectivity index is 2.85. The Kier molecular flexibility index (Phi) is 7.67.